The Morgan fingerprint density at radius 3 is 2.58 bits per heavy atom. The first kappa shape index (κ1) is 17.8. The molecule has 1 N–H and O–H groups in total. The summed E-state index contributed by atoms with van der Waals surface area (Å²) in [4.78, 5) is 0. The number of benzene rings is 1. The molecule has 2 aromatic rings. The molecule has 24 heavy (non-hydrogen) atoms. The van der Waals surface area contributed by atoms with E-state index in [1.54, 1.807) is 12.1 Å². The average Bonchev–Trinajstić information content (AvgIpc) is 2.86. The highest BCUT2D eigenvalue weighted by atomic mass is 19.1. The molecule has 126 valence electrons. The van der Waals surface area contributed by atoms with E-state index in [0.717, 1.165) is 27.9 Å². The fraction of sp³-hybridized carbons (Fsp3) is 0.238. The number of nitrogens with one attached hydrogen (secondary N) is 1. The van der Waals surface area contributed by atoms with Crippen LogP contribution in [0.3, 0.4) is 0 Å². The summed E-state index contributed by atoms with van der Waals surface area (Å²) in [6, 6.07) is 7.02. The van der Waals surface area contributed by atoms with Crippen molar-refractivity contribution in [2.45, 2.75) is 19.9 Å². The van der Waals surface area contributed by atoms with Gasteiger partial charge in [-0.2, -0.15) is 0 Å². The highest BCUT2D eigenvalue weighted by Gasteiger charge is 2.21. The van der Waals surface area contributed by atoms with Gasteiger partial charge in [-0.1, -0.05) is 51.8 Å². The third-order valence-corrected chi connectivity index (χ3v) is 4.18. The molecule has 0 saturated heterocycles. The van der Waals surface area contributed by atoms with Crippen LogP contribution in [0.1, 0.15) is 25.6 Å². The van der Waals surface area contributed by atoms with E-state index in [2.05, 4.69) is 45.0 Å². The van der Waals surface area contributed by atoms with Crippen molar-refractivity contribution in [3.05, 3.63) is 85.0 Å². The van der Waals surface area contributed by atoms with E-state index in [1.807, 2.05) is 29.8 Å². The van der Waals surface area contributed by atoms with Gasteiger partial charge >= 0.3 is 0 Å². The smallest absolute Gasteiger partial charge is 0.125 e. The molecule has 1 unspecified atom stereocenters. The minimum Gasteiger partial charge on any atom is -0.376 e. The number of aromatic nitrogens is 1. The first-order valence-electron chi connectivity index (χ1n) is 8.03. The molecule has 1 aromatic carbocycles. The number of halogens is 1. The maximum absolute atomic E-state index is 13.5. The molecule has 0 saturated carbocycles. The van der Waals surface area contributed by atoms with Gasteiger partial charge in [0.1, 0.15) is 5.82 Å². The van der Waals surface area contributed by atoms with Crippen molar-refractivity contribution in [1.29, 1.82) is 0 Å². The van der Waals surface area contributed by atoms with E-state index in [0.29, 0.717) is 5.92 Å². The van der Waals surface area contributed by atoms with E-state index in [-0.39, 0.29) is 11.9 Å². The zero-order valence-electron chi connectivity index (χ0n) is 14.6. The third-order valence-electron chi connectivity index (χ3n) is 4.18. The van der Waals surface area contributed by atoms with Crippen molar-refractivity contribution in [3.8, 4) is 0 Å². The lowest BCUT2D eigenvalue weighted by atomic mass is 9.99. The molecule has 0 aliphatic carbocycles. The molecule has 0 fully saturated rings. The maximum atomic E-state index is 13.5. The van der Waals surface area contributed by atoms with Crippen molar-refractivity contribution >= 4 is 10.9 Å². The number of hydrogen-bond donors (Lipinski definition) is 1. The topological polar surface area (TPSA) is 17.0 Å². The summed E-state index contributed by atoms with van der Waals surface area (Å²) in [6.45, 7) is 16.1. The highest BCUT2D eigenvalue weighted by Crippen LogP contribution is 2.29. The molecule has 3 heteroatoms. The lowest BCUT2D eigenvalue weighted by Gasteiger charge is -2.26. The second-order valence-corrected chi connectivity index (χ2v) is 6.30. The van der Waals surface area contributed by atoms with Crippen molar-refractivity contribution in [1.82, 2.24) is 9.88 Å². The Morgan fingerprint density at radius 1 is 1.25 bits per heavy atom. The molecule has 2 nitrogen and oxygen atoms in total. The molecule has 0 aliphatic rings. The quantitative estimate of drug-likeness (QED) is 0.673. The van der Waals surface area contributed by atoms with Crippen LogP contribution in [0.25, 0.3) is 10.9 Å². The van der Waals surface area contributed by atoms with Crippen molar-refractivity contribution in [3.63, 3.8) is 0 Å². The van der Waals surface area contributed by atoms with Gasteiger partial charge in [0.2, 0.25) is 0 Å². The molecular weight excluding hydrogens is 299 g/mol. The van der Waals surface area contributed by atoms with Crippen LogP contribution < -0.4 is 5.32 Å². The summed E-state index contributed by atoms with van der Waals surface area (Å²) in [6.07, 6.45) is 5.41. The Labute approximate surface area is 143 Å². The summed E-state index contributed by atoms with van der Waals surface area (Å²) in [5.74, 6) is 0.0995. The van der Waals surface area contributed by atoms with Gasteiger partial charge in [0.25, 0.3) is 0 Å². The normalized spacial score (nSPS) is 12.7. The first-order chi connectivity index (χ1) is 11.3. The van der Waals surface area contributed by atoms with Gasteiger partial charge in [-0.25, -0.2) is 4.39 Å². The standard InChI is InChI=1S/C21H25FN2/c1-7-8-9-15(4)16(5)23-21(14(2)3)20-12-17-10-11-18(22)13-19(17)24(20)6/h7-14,21,23H,1,4-5H2,2-3,6H3. The Bertz CT molecular complexity index is 809. The molecule has 0 bridgehead atoms. The number of aryl methyl sites for hydroxylation is 1. The molecule has 0 spiro atoms. The minimum absolute atomic E-state index is 0.0480. The van der Waals surface area contributed by atoms with Crippen LogP contribution in [0.5, 0.6) is 0 Å². The number of nitrogens with zero attached hydrogens (tertiary/aromatic N) is 1. The van der Waals surface area contributed by atoms with Gasteiger partial charge in [-0.05, 0) is 35.8 Å². The van der Waals surface area contributed by atoms with E-state index < -0.39 is 0 Å². The Hall–Kier alpha value is -2.55. The van der Waals surface area contributed by atoms with Crippen LogP contribution in [0.4, 0.5) is 4.39 Å². The predicted molar refractivity (Wildman–Crippen MR) is 101 cm³/mol. The van der Waals surface area contributed by atoms with Crippen LogP contribution in [0, 0.1) is 11.7 Å². The summed E-state index contributed by atoms with van der Waals surface area (Å²) in [5, 5.41) is 4.49. The summed E-state index contributed by atoms with van der Waals surface area (Å²) >= 11 is 0. The molecule has 1 heterocycles. The summed E-state index contributed by atoms with van der Waals surface area (Å²) in [5.41, 5.74) is 3.55. The lowest BCUT2D eigenvalue weighted by Crippen LogP contribution is -2.27. The lowest BCUT2D eigenvalue weighted by molar-refractivity contribution is 0.431. The van der Waals surface area contributed by atoms with Gasteiger partial charge < -0.3 is 9.88 Å². The minimum atomic E-state index is -0.225. The summed E-state index contributed by atoms with van der Waals surface area (Å²) < 4.78 is 15.6. The van der Waals surface area contributed by atoms with Gasteiger partial charge in [-0.15, -0.1) is 0 Å². The molecule has 1 aromatic heterocycles. The highest BCUT2D eigenvalue weighted by molar-refractivity contribution is 5.81. The molecule has 0 radical (unpaired) electrons. The molecule has 2 rings (SSSR count). The van der Waals surface area contributed by atoms with Crippen LogP contribution in [0.2, 0.25) is 0 Å². The van der Waals surface area contributed by atoms with Crippen LogP contribution in [-0.2, 0) is 7.05 Å². The predicted octanol–water partition coefficient (Wildman–Crippen LogP) is 5.42. The number of allylic oxidation sites excluding steroid dienone is 3. The Balaban J connectivity index is 2.36. The molecule has 1 atom stereocenters. The fourth-order valence-electron chi connectivity index (χ4n) is 2.77. The SMILES string of the molecule is C=CC=CC(=C)C(=C)NC(c1cc2ccc(F)cc2n1C)C(C)C. The third kappa shape index (κ3) is 3.67. The van der Waals surface area contributed by atoms with Crippen LogP contribution in [-0.4, -0.2) is 4.57 Å². The Kier molecular flexibility index (Phi) is 5.45. The van der Waals surface area contributed by atoms with Crippen molar-refractivity contribution < 1.29 is 4.39 Å². The van der Waals surface area contributed by atoms with E-state index in [9.17, 15) is 4.39 Å². The zero-order valence-corrected chi connectivity index (χ0v) is 14.6. The van der Waals surface area contributed by atoms with Crippen LogP contribution >= 0.6 is 0 Å². The van der Waals surface area contributed by atoms with Gasteiger partial charge in [0, 0.05) is 23.8 Å². The monoisotopic (exact) mass is 324 g/mol. The molecule has 0 amide bonds. The van der Waals surface area contributed by atoms with Gasteiger partial charge in [0.15, 0.2) is 0 Å². The molecule has 0 aliphatic heterocycles. The van der Waals surface area contributed by atoms with Crippen molar-refractivity contribution in [2.75, 3.05) is 0 Å². The van der Waals surface area contributed by atoms with E-state index in [1.165, 1.54) is 6.07 Å². The van der Waals surface area contributed by atoms with Crippen molar-refractivity contribution in [2.24, 2.45) is 13.0 Å². The number of rotatable bonds is 7. The number of hydrogen-bond acceptors (Lipinski definition) is 1. The zero-order chi connectivity index (χ0) is 17.9. The van der Waals surface area contributed by atoms with Crippen LogP contribution in [0.15, 0.2) is 73.5 Å². The first-order valence-corrected chi connectivity index (χ1v) is 8.03. The maximum Gasteiger partial charge on any atom is 0.125 e. The van der Waals surface area contributed by atoms with E-state index >= 15 is 0 Å². The van der Waals surface area contributed by atoms with E-state index in [4.69, 9.17) is 0 Å². The van der Waals surface area contributed by atoms with Gasteiger partial charge in [0.05, 0.1) is 11.6 Å². The Morgan fingerprint density at radius 2 is 1.96 bits per heavy atom. The second kappa shape index (κ2) is 7.35. The molecular formula is C21H25FN2. The largest absolute Gasteiger partial charge is 0.376 e. The number of fused-ring (bicyclic) bond motifs is 1. The summed E-state index contributed by atoms with van der Waals surface area (Å²) in [7, 11) is 1.96. The average molecular weight is 324 g/mol. The van der Waals surface area contributed by atoms with Gasteiger partial charge in [-0.3, -0.25) is 0 Å². The second-order valence-electron chi connectivity index (χ2n) is 6.30. The fourth-order valence-corrected chi connectivity index (χ4v) is 2.77.